The number of hydrogen-bond donors (Lipinski definition) is 0. The van der Waals surface area contributed by atoms with Gasteiger partial charge in [-0.1, -0.05) is 5.21 Å². The molecule has 8 heteroatoms. The Hall–Kier alpha value is -1.96. The second kappa shape index (κ2) is 6.66. The smallest absolute Gasteiger partial charge is 0.276 e. The number of aryl methyl sites for hydroxylation is 1. The Morgan fingerprint density at radius 1 is 1.35 bits per heavy atom. The van der Waals surface area contributed by atoms with Crippen molar-refractivity contribution >= 4 is 17.7 Å². The first-order valence-corrected chi connectivity index (χ1v) is 8.31. The molecule has 5 nitrogen and oxygen atoms in total. The van der Waals surface area contributed by atoms with E-state index in [9.17, 15) is 13.6 Å². The van der Waals surface area contributed by atoms with Crippen molar-refractivity contribution < 1.29 is 13.6 Å². The molecule has 0 N–H and O–H groups in total. The molecule has 1 aromatic heterocycles. The molecule has 1 aromatic carbocycles. The third-order valence-corrected chi connectivity index (χ3v) is 5.07. The summed E-state index contributed by atoms with van der Waals surface area (Å²) in [5.74, 6) is -0.373. The van der Waals surface area contributed by atoms with E-state index in [1.54, 1.807) is 18.1 Å². The molecule has 0 bridgehead atoms. The fourth-order valence-electron chi connectivity index (χ4n) is 2.59. The van der Waals surface area contributed by atoms with Gasteiger partial charge in [-0.2, -0.15) is 11.8 Å². The van der Waals surface area contributed by atoms with Gasteiger partial charge in [-0.25, -0.2) is 8.78 Å². The fraction of sp³-hybridized carbons (Fsp3) is 0.400. The largest absolute Gasteiger partial charge is 0.336 e. The van der Waals surface area contributed by atoms with Gasteiger partial charge in [0.25, 0.3) is 5.91 Å². The topological polar surface area (TPSA) is 51.0 Å². The SMILES string of the molecule is Cn1cc(C(=O)N2CCSC(c3cc(F)ccc3F)CC2)nn1. The van der Waals surface area contributed by atoms with Crippen molar-refractivity contribution in [2.24, 2.45) is 7.05 Å². The van der Waals surface area contributed by atoms with Gasteiger partial charge in [0.2, 0.25) is 0 Å². The van der Waals surface area contributed by atoms with Crippen LogP contribution in [0, 0.1) is 11.6 Å². The van der Waals surface area contributed by atoms with Crippen LogP contribution in [0.15, 0.2) is 24.4 Å². The number of rotatable bonds is 2. The van der Waals surface area contributed by atoms with E-state index in [-0.39, 0.29) is 11.2 Å². The van der Waals surface area contributed by atoms with Crippen molar-refractivity contribution in [1.29, 1.82) is 0 Å². The second-order valence-corrected chi connectivity index (χ2v) is 6.69. The zero-order chi connectivity index (χ0) is 16.4. The molecule has 1 aliphatic rings. The zero-order valence-electron chi connectivity index (χ0n) is 12.6. The summed E-state index contributed by atoms with van der Waals surface area (Å²) in [5.41, 5.74) is 0.664. The predicted molar refractivity (Wildman–Crippen MR) is 83.1 cm³/mol. The minimum Gasteiger partial charge on any atom is -0.336 e. The number of aromatic nitrogens is 3. The molecule has 1 atom stereocenters. The lowest BCUT2D eigenvalue weighted by molar-refractivity contribution is 0.0760. The fourth-order valence-corrected chi connectivity index (χ4v) is 3.83. The molecule has 2 heterocycles. The predicted octanol–water partition coefficient (Wildman–Crippen LogP) is 2.41. The highest BCUT2D eigenvalue weighted by Gasteiger charge is 2.26. The van der Waals surface area contributed by atoms with Crippen LogP contribution < -0.4 is 0 Å². The Labute approximate surface area is 136 Å². The molecular weight excluding hydrogens is 322 g/mol. The molecule has 2 aromatic rings. The normalized spacial score (nSPS) is 18.7. The Balaban J connectivity index is 1.72. The van der Waals surface area contributed by atoms with E-state index in [0.717, 1.165) is 12.1 Å². The van der Waals surface area contributed by atoms with Gasteiger partial charge in [0.05, 0.1) is 6.20 Å². The van der Waals surface area contributed by atoms with Crippen LogP contribution in [-0.2, 0) is 7.05 Å². The summed E-state index contributed by atoms with van der Waals surface area (Å²) < 4.78 is 28.8. The minimum absolute atomic E-state index is 0.162. The number of nitrogens with zero attached hydrogens (tertiary/aromatic N) is 4. The van der Waals surface area contributed by atoms with E-state index in [2.05, 4.69) is 10.3 Å². The van der Waals surface area contributed by atoms with Gasteiger partial charge in [0.1, 0.15) is 11.6 Å². The highest BCUT2D eigenvalue weighted by molar-refractivity contribution is 7.99. The summed E-state index contributed by atoms with van der Waals surface area (Å²) in [4.78, 5) is 14.1. The number of benzene rings is 1. The third-order valence-electron chi connectivity index (χ3n) is 3.76. The van der Waals surface area contributed by atoms with Gasteiger partial charge in [0, 0.05) is 36.7 Å². The van der Waals surface area contributed by atoms with Gasteiger partial charge in [-0.3, -0.25) is 9.48 Å². The molecule has 122 valence electrons. The first-order chi connectivity index (χ1) is 11.0. The maximum Gasteiger partial charge on any atom is 0.276 e. The molecule has 1 fully saturated rings. The van der Waals surface area contributed by atoms with Gasteiger partial charge in [-0.15, -0.1) is 5.10 Å². The van der Waals surface area contributed by atoms with Crippen LogP contribution in [0.25, 0.3) is 0 Å². The number of thioether (sulfide) groups is 1. The molecule has 1 saturated heterocycles. The quantitative estimate of drug-likeness (QED) is 0.844. The minimum atomic E-state index is -0.446. The van der Waals surface area contributed by atoms with Crippen molar-refractivity contribution in [3.8, 4) is 0 Å². The van der Waals surface area contributed by atoms with E-state index in [4.69, 9.17) is 0 Å². The van der Waals surface area contributed by atoms with Gasteiger partial charge >= 0.3 is 0 Å². The van der Waals surface area contributed by atoms with E-state index in [0.29, 0.717) is 36.5 Å². The summed E-state index contributed by atoms with van der Waals surface area (Å²) in [5, 5.41) is 7.43. The molecule has 0 saturated carbocycles. The van der Waals surface area contributed by atoms with Crippen molar-refractivity contribution in [3.05, 3.63) is 47.3 Å². The maximum atomic E-state index is 13.9. The van der Waals surface area contributed by atoms with Crippen molar-refractivity contribution in [3.63, 3.8) is 0 Å². The van der Waals surface area contributed by atoms with Gasteiger partial charge in [-0.05, 0) is 24.6 Å². The Morgan fingerprint density at radius 2 is 2.17 bits per heavy atom. The first kappa shape index (κ1) is 15.9. The lowest BCUT2D eigenvalue weighted by Gasteiger charge is -2.19. The number of hydrogen-bond acceptors (Lipinski definition) is 4. The summed E-state index contributed by atoms with van der Waals surface area (Å²) in [6, 6.07) is 3.51. The van der Waals surface area contributed by atoms with Crippen LogP contribution in [-0.4, -0.2) is 44.6 Å². The molecule has 1 aliphatic heterocycles. The first-order valence-electron chi connectivity index (χ1n) is 7.27. The van der Waals surface area contributed by atoms with Crippen LogP contribution in [0.1, 0.15) is 27.7 Å². The Kier molecular flexibility index (Phi) is 4.61. The third kappa shape index (κ3) is 3.52. The molecule has 1 unspecified atom stereocenters. The Morgan fingerprint density at radius 3 is 2.91 bits per heavy atom. The van der Waals surface area contributed by atoms with Crippen LogP contribution in [0.4, 0.5) is 8.78 Å². The second-order valence-electron chi connectivity index (χ2n) is 5.38. The molecule has 1 amide bonds. The molecular formula is C15H16F2N4OS. The highest BCUT2D eigenvalue weighted by Crippen LogP contribution is 2.36. The molecule has 0 spiro atoms. The standard InChI is InChI=1S/C15H16F2N4OS/c1-20-9-13(18-19-20)15(22)21-5-4-14(23-7-6-21)11-8-10(16)2-3-12(11)17/h2-3,8-9,14H,4-7H2,1H3. The van der Waals surface area contributed by atoms with E-state index in [1.807, 2.05) is 0 Å². The van der Waals surface area contributed by atoms with Crippen molar-refractivity contribution in [2.75, 3.05) is 18.8 Å². The zero-order valence-corrected chi connectivity index (χ0v) is 13.4. The maximum absolute atomic E-state index is 13.9. The number of amides is 1. The van der Waals surface area contributed by atoms with Gasteiger partial charge in [0.15, 0.2) is 5.69 Å². The molecule has 23 heavy (non-hydrogen) atoms. The Bertz CT molecular complexity index is 721. The van der Waals surface area contributed by atoms with Crippen LogP contribution in [0.5, 0.6) is 0 Å². The number of halogens is 2. The number of carbonyl (C=O) groups excluding carboxylic acids is 1. The average molecular weight is 338 g/mol. The van der Waals surface area contributed by atoms with Crippen LogP contribution in [0.2, 0.25) is 0 Å². The molecule has 0 radical (unpaired) electrons. The van der Waals surface area contributed by atoms with Gasteiger partial charge < -0.3 is 4.90 Å². The summed E-state index contributed by atoms with van der Waals surface area (Å²) in [7, 11) is 1.70. The monoisotopic (exact) mass is 338 g/mol. The van der Waals surface area contributed by atoms with Crippen molar-refractivity contribution in [2.45, 2.75) is 11.7 Å². The lowest BCUT2D eigenvalue weighted by Crippen LogP contribution is -2.33. The van der Waals surface area contributed by atoms with Crippen LogP contribution >= 0.6 is 11.8 Å². The van der Waals surface area contributed by atoms with Crippen molar-refractivity contribution in [1.82, 2.24) is 19.9 Å². The highest BCUT2D eigenvalue weighted by atomic mass is 32.2. The van der Waals surface area contributed by atoms with E-state index in [1.165, 1.54) is 22.5 Å². The van der Waals surface area contributed by atoms with Crippen LogP contribution in [0.3, 0.4) is 0 Å². The summed E-state index contributed by atoms with van der Waals surface area (Å²) in [6.45, 7) is 1.02. The summed E-state index contributed by atoms with van der Waals surface area (Å²) >= 11 is 1.54. The number of carbonyl (C=O) groups is 1. The lowest BCUT2D eigenvalue weighted by atomic mass is 10.1. The molecule has 0 aliphatic carbocycles. The summed E-state index contributed by atoms with van der Waals surface area (Å²) in [6.07, 6.45) is 2.14. The van der Waals surface area contributed by atoms with E-state index < -0.39 is 11.6 Å². The average Bonchev–Trinajstić information content (AvgIpc) is 2.82. The van der Waals surface area contributed by atoms with E-state index >= 15 is 0 Å². The molecule has 3 rings (SSSR count).